The van der Waals surface area contributed by atoms with E-state index in [0.717, 1.165) is 23.4 Å². The fourth-order valence-electron chi connectivity index (χ4n) is 3.50. The lowest BCUT2D eigenvalue weighted by Crippen LogP contribution is -2.36. The SMILES string of the molecule is C[Si](C)(C)CCOCn1ncc(N2Cc3ccccc3C2CO)c(C(F)(F)F)c1=O. The predicted molar refractivity (Wildman–Crippen MR) is 110 cm³/mol. The van der Waals surface area contributed by atoms with Gasteiger partial charge in [-0.1, -0.05) is 43.9 Å². The molecule has 0 saturated carbocycles. The Morgan fingerprint density at radius 1 is 1.27 bits per heavy atom. The van der Waals surface area contributed by atoms with Crippen LogP contribution in [0.15, 0.2) is 35.3 Å². The van der Waals surface area contributed by atoms with Crippen molar-refractivity contribution in [1.29, 1.82) is 0 Å². The Kier molecular flexibility index (Phi) is 6.39. The number of halogens is 3. The number of hydrogen-bond acceptors (Lipinski definition) is 5. The van der Waals surface area contributed by atoms with Crippen molar-refractivity contribution in [2.75, 3.05) is 18.1 Å². The van der Waals surface area contributed by atoms with Crippen molar-refractivity contribution in [1.82, 2.24) is 9.78 Å². The predicted octanol–water partition coefficient (Wildman–Crippen LogP) is 3.63. The third-order valence-corrected chi connectivity index (χ3v) is 6.83. The number of aliphatic hydroxyl groups is 1. The Labute approximate surface area is 173 Å². The Morgan fingerprint density at radius 3 is 2.60 bits per heavy atom. The Balaban J connectivity index is 1.93. The summed E-state index contributed by atoms with van der Waals surface area (Å²) in [6.45, 7) is 6.27. The van der Waals surface area contributed by atoms with Gasteiger partial charge in [0, 0.05) is 21.2 Å². The summed E-state index contributed by atoms with van der Waals surface area (Å²) < 4.78 is 47.8. The van der Waals surface area contributed by atoms with Crippen LogP contribution < -0.4 is 10.5 Å². The number of benzene rings is 1. The van der Waals surface area contributed by atoms with E-state index in [4.69, 9.17) is 4.74 Å². The van der Waals surface area contributed by atoms with Crippen LogP contribution in [-0.4, -0.2) is 36.2 Å². The molecule has 30 heavy (non-hydrogen) atoms. The highest BCUT2D eigenvalue weighted by Gasteiger charge is 2.42. The van der Waals surface area contributed by atoms with Crippen LogP contribution in [0.5, 0.6) is 0 Å². The normalized spacial score (nSPS) is 16.8. The molecule has 0 radical (unpaired) electrons. The highest BCUT2D eigenvalue weighted by atomic mass is 28.3. The molecule has 1 aromatic carbocycles. The molecule has 1 aliphatic rings. The molecule has 6 nitrogen and oxygen atoms in total. The maximum atomic E-state index is 13.9. The van der Waals surface area contributed by atoms with Gasteiger partial charge in [0.1, 0.15) is 12.3 Å². The van der Waals surface area contributed by atoms with Gasteiger partial charge in [-0.15, -0.1) is 0 Å². The molecule has 10 heteroatoms. The van der Waals surface area contributed by atoms with E-state index >= 15 is 0 Å². The van der Waals surface area contributed by atoms with E-state index in [0.29, 0.717) is 11.3 Å². The molecular weight excluding hydrogens is 415 g/mol. The molecule has 1 atom stereocenters. The van der Waals surface area contributed by atoms with Crippen LogP contribution in [0.3, 0.4) is 0 Å². The van der Waals surface area contributed by atoms with E-state index < -0.39 is 31.4 Å². The summed E-state index contributed by atoms with van der Waals surface area (Å²) in [6.07, 6.45) is -3.83. The van der Waals surface area contributed by atoms with Crippen molar-refractivity contribution >= 4 is 13.8 Å². The average Bonchev–Trinajstić information content (AvgIpc) is 3.02. The summed E-state index contributed by atoms with van der Waals surface area (Å²) in [7, 11) is -1.36. The first-order chi connectivity index (χ1) is 14.0. The van der Waals surface area contributed by atoms with Gasteiger partial charge < -0.3 is 14.7 Å². The lowest BCUT2D eigenvalue weighted by molar-refractivity contribution is -0.138. The smallest absolute Gasteiger partial charge is 0.394 e. The van der Waals surface area contributed by atoms with E-state index in [1.807, 2.05) is 0 Å². The number of alkyl halides is 3. The number of anilines is 1. The van der Waals surface area contributed by atoms with Crippen LogP contribution in [0.4, 0.5) is 18.9 Å². The van der Waals surface area contributed by atoms with Crippen molar-refractivity contribution in [3.63, 3.8) is 0 Å². The van der Waals surface area contributed by atoms with E-state index in [-0.39, 0.29) is 25.6 Å². The van der Waals surface area contributed by atoms with Gasteiger partial charge in [-0.3, -0.25) is 4.79 Å². The van der Waals surface area contributed by atoms with E-state index in [2.05, 4.69) is 24.7 Å². The van der Waals surface area contributed by atoms with Crippen LogP contribution >= 0.6 is 0 Å². The highest BCUT2D eigenvalue weighted by molar-refractivity contribution is 6.76. The van der Waals surface area contributed by atoms with E-state index in [9.17, 15) is 23.1 Å². The van der Waals surface area contributed by atoms with Crippen LogP contribution in [0.2, 0.25) is 25.7 Å². The number of nitrogens with zero attached hydrogens (tertiary/aromatic N) is 3. The van der Waals surface area contributed by atoms with Gasteiger partial charge in [-0.05, 0) is 17.2 Å². The number of ether oxygens (including phenoxy) is 1. The molecule has 2 aromatic rings. The third-order valence-electron chi connectivity index (χ3n) is 5.13. The lowest BCUT2D eigenvalue weighted by Gasteiger charge is -2.28. The zero-order valence-electron chi connectivity index (χ0n) is 17.2. The first-order valence-corrected chi connectivity index (χ1v) is 13.4. The zero-order valence-corrected chi connectivity index (χ0v) is 18.2. The standard InChI is InChI=1S/C20H26F3N3O3Si/c1-30(2,3)9-8-29-13-26-19(28)18(20(21,22)23)16(10-24-26)25-11-14-6-4-5-7-15(14)17(25)12-27/h4-7,10,17,27H,8-9,11-13H2,1-3H3. The second kappa shape index (κ2) is 8.52. The Hall–Kier alpha value is -2.17. The second-order valence-electron chi connectivity index (χ2n) is 8.58. The fraction of sp³-hybridized carbons (Fsp3) is 0.500. The van der Waals surface area contributed by atoms with Crippen LogP contribution in [0.25, 0.3) is 0 Å². The molecule has 1 aromatic heterocycles. The maximum absolute atomic E-state index is 13.9. The van der Waals surface area contributed by atoms with E-state index in [1.165, 1.54) is 4.90 Å². The molecule has 0 aliphatic carbocycles. The van der Waals surface area contributed by atoms with E-state index in [1.54, 1.807) is 24.3 Å². The largest absolute Gasteiger partial charge is 0.423 e. The minimum atomic E-state index is -4.87. The fourth-order valence-corrected chi connectivity index (χ4v) is 4.26. The summed E-state index contributed by atoms with van der Waals surface area (Å²) in [5.74, 6) is 0. The van der Waals surface area contributed by atoms with Crippen molar-refractivity contribution in [2.45, 2.75) is 51.2 Å². The van der Waals surface area contributed by atoms with Gasteiger partial charge in [0.25, 0.3) is 5.56 Å². The van der Waals surface area contributed by atoms with Gasteiger partial charge in [-0.25, -0.2) is 4.68 Å². The number of aliphatic hydroxyl groups excluding tert-OH is 1. The molecule has 1 N–H and O–H groups in total. The topological polar surface area (TPSA) is 67.6 Å². The quantitative estimate of drug-likeness (QED) is 0.525. The van der Waals surface area contributed by atoms with Gasteiger partial charge >= 0.3 is 6.18 Å². The first-order valence-electron chi connectivity index (χ1n) is 9.73. The molecule has 2 heterocycles. The molecule has 1 unspecified atom stereocenters. The van der Waals surface area contributed by atoms with Crippen LogP contribution in [0, 0.1) is 0 Å². The van der Waals surface area contributed by atoms with Gasteiger partial charge in [0.05, 0.1) is 24.5 Å². The highest BCUT2D eigenvalue weighted by Crippen LogP contribution is 2.41. The number of hydrogen-bond donors (Lipinski definition) is 1. The molecular formula is C20H26F3N3O3Si. The van der Waals surface area contributed by atoms with Crippen molar-refractivity contribution in [3.05, 3.63) is 57.5 Å². The van der Waals surface area contributed by atoms with Crippen molar-refractivity contribution in [2.24, 2.45) is 0 Å². The summed E-state index contributed by atoms with van der Waals surface area (Å²) >= 11 is 0. The molecule has 3 rings (SSSR count). The molecule has 1 aliphatic heterocycles. The average molecular weight is 442 g/mol. The Bertz CT molecular complexity index is 957. The Morgan fingerprint density at radius 2 is 1.97 bits per heavy atom. The first kappa shape index (κ1) is 22.5. The minimum Gasteiger partial charge on any atom is -0.394 e. The maximum Gasteiger partial charge on any atom is 0.423 e. The number of fused-ring (bicyclic) bond motifs is 1. The second-order valence-corrected chi connectivity index (χ2v) is 14.2. The molecule has 0 bridgehead atoms. The van der Waals surface area contributed by atoms with Crippen LogP contribution in [0.1, 0.15) is 22.7 Å². The summed E-state index contributed by atoms with van der Waals surface area (Å²) in [5.41, 5.74) is -1.32. The monoisotopic (exact) mass is 441 g/mol. The molecule has 0 amide bonds. The van der Waals surface area contributed by atoms with Gasteiger partial charge in [0.2, 0.25) is 0 Å². The molecule has 164 valence electrons. The molecule has 0 fully saturated rings. The van der Waals surface area contributed by atoms with Crippen molar-refractivity contribution in [3.8, 4) is 0 Å². The van der Waals surface area contributed by atoms with Gasteiger partial charge in [-0.2, -0.15) is 18.3 Å². The van der Waals surface area contributed by atoms with Crippen LogP contribution in [-0.2, 0) is 24.2 Å². The molecule has 0 saturated heterocycles. The summed E-state index contributed by atoms with van der Waals surface area (Å²) in [5, 5.41) is 13.8. The van der Waals surface area contributed by atoms with Gasteiger partial charge in [0.15, 0.2) is 0 Å². The molecule has 0 spiro atoms. The van der Waals surface area contributed by atoms with Crippen molar-refractivity contribution < 1.29 is 23.0 Å². The number of aromatic nitrogens is 2. The zero-order chi connectivity index (χ0) is 22.1. The summed E-state index contributed by atoms with van der Waals surface area (Å²) in [4.78, 5) is 14.1. The number of rotatable bonds is 7. The third kappa shape index (κ3) is 4.76. The minimum absolute atomic E-state index is 0.155. The lowest BCUT2D eigenvalue weighted by atomic mass is 10.1. The summed E-state index contributed by atoms with van der Waals surface area (Å²) in [6, 6.07) is 7.28.